The van der Waals surface area contributed by atoms with E-state index in [1.807, 2.05) is 24.3 Å². The summed E-state index contributed by atoms with van der Waals surface area (Å²) < 4.78 is 18.5. The van der Waals surface area contributed by atoms with Gasteiger partial charge in [-0.2, -0.15) is 0 Å². The number of nitrogens with zero attached hydrogens (tertiary/aromatic N) is 1. The van der Waals surface area contributed by atoms with Crippen LogP contribution in [0.3, 0.4) is 0 Å². The van der Waals surface area contributed by atoms with E-state index in [9.17, 15) is 9.50 Å². The number of anilines is 1. The summed E-state index contributed by atoms with van der Waals surface area (Å²) in [6, 6.07) is 12.0. The number of hydrogen-bond acceptors (Lipinski definition) is 4. The lowest BCUT2D eigenvalue weighted by molar-refractivity contribution is 0.427. The Kier molecular flexibility index (Phi) is 3.55. The number of phenolic OH excluding ortho intramolecular Hbond substituents is 1. The lowest BCUT2D eigenvalue weighted by Gasteiger charge is -2.09. The summed E-state index contributed by atoms with van der Waals surface area (Å²) in [5, 5.41) is 12.8. The largest absolute Gasteiger partial charge is 0.505 e. The molecule has 21 heavy (non-hydrogen) atoms. The number of aromatic hydroxyl groups is 1. The van der Waals surface area contributed by atoms with Gasteiger partial charge < -0.3 is 14.8 Å². The van der Waals surface area contributed by atoms with Crippen molar-refractivity contribution in [3.63, 3.8) is 0 Å². The Balaban J connectivity index is 1.77. The minimum absolute atomic E-state index is 0.323. The second kappa shape index (κ2) is 5.66. The molecule has 2 aromatic carbocycles. The Hall–Kier alpha value is -2.82. The minimum Gasteiger partial charge on any atom is -0.505 e. The molecule has 0 amide bonds. The molecule has 0 saturated heterocycles. The smallest absolute Gasteiger partial charge is 0.181 e. The maximum absolute atomic E-state index is 13.3. The second-order valence-electron chi connectivity index (χ2n) is 4.55. The molecule has 3 rings (SSSR count). The molecule has 0 saturated carbocycles. The third kappa shape index (κ3) is 2.86. The summed E-state index contributed by atoms with van der Waals surface area (Å²) in [5.41, 5.74) is 2.23. The SMILES string of the molecule is Oc1c(F)cccc1CNc1cccc(-c2cnco2)c1. The van der Waals surface area contributed by atoms with E-state index in [-0.39, 0.29) is 5.75 Å². The molecule has 0 aliphatic carbocycles. The fourth-order valence-corrected chi connectivity index (χ4v) is 2.04. The maximum Gasteiger partial charge on any atom is 0.181 e. The van der Waals surface area contributed by atoms with E-state index >= 15 is 0 Å². The van der Waals surface area contributed by atoms with Gasteiger partial charge in [0.25, 0.3) is 0 Å². The average Bonchev–Trinajstić information content (AvgIpc) is 3.03. The number of benzene rings is 2. The molecule has 2 N–H and O–H groups in total. The van der Waals surface area contributed by atoms with Crippen LogP contribution in [0.1, 0.15) is 5.56 Å². The molecular formula is C16H13FN2O2. The highest BCUT2D eigenvalue weighted by atomic mass is 19.1. The molecule has 3 aromatic rings. The van der Waals surface area contributed by atoms with E-state index in [2.05, 4.69) is 10.3 Å². The molecule has 106 valence electrons. The third-order valence-corrected chi connectivity index (χ3v) is 3.13. The number of rotatable bonds is 4. The molecule has 4 nitrogen and oxygen atoms in total. The van der Waals surface area contributed by atoms with Crippen molar-refractivity contribution in [2.45, 2.75) is 6.54 Å². The summed E-state index contributed by atoms with van der Waals surface area (Å²) in [7, 11) is 0. The van der Waals surface area contributed by atoms with Gasteiger partial charge in [0.15, 0.2) is 23.7 Å². The van der Waals surface area contributed by atoms with Crippen LogP contribution < -0.4 is 5.32 Å². The molecular weight excluding hydrogens is 271 g/mol. The molecule has 0 atom stereocenters. The lowest BCUT2D eigenvalue weighted by Crippen LogP contribution is -2.00. The van der Waals surface area contributed by atoms with Crippen molar-refractivity contribution in [3.8, 4) is 17.1 Å². The highest BCUT2D eigenvalue weighted by molar-refractivity contribution is 5.63. The van der Waals surface area contributed by atoms with Crippen LogP contribution in [0.2, 0.25) is 0 Å². The number of halogens is 1. The van der Waals surface area contributed by atoms with Crippen molar-refractivity contribution in [2.75, 3.05) is 5.32 Å². The van der Waals surface area contributed by atoms with Gasteiger partial charge in [-0.05, 0) is 18.2 Å². The van der Waals surface area contributed by atoms with Crippen molar-refractivity contribution in [2.24, 2.45) is 0 Å². The zero-order valence-corrected chi connectivity index (χ0v) is 11.1. The van der Waals surface area contributed by atoms with Crippen LogP contribution in [0.5, 0.6) is 5.75 Å². The monoisotopic (exact) mass is 284 g/mol. The summed E-state index contributed by atoms with van der Waals surface area (Å²) in [5.74, 6) is -0.270. The topological polar surface area (TPSA) is 58.3 Å². The van der Waals surface area contributed by atoms with Gasteiger partial charge in [0.05, 0.1) is 6.20 Å². The number of nitrogens with one attached hydrogen (secondary N) is 1. The van der Waals surface area contributed by atoms with Gasteiger partial charge in [0.1, 0.15) is 0 Å². The summed E-state index contributed by atoms with van der Waals surface area (Å²) in [6.07, 6.45) is 3.01. The summed E-state index contributed by atoms with van der Waals surface area (Å²) in [6.45, 7) is 0.323. The van der Waals surface area contributed by atoms with Crippen molar-refractivity contribution in [3.05, 3.63) is 66.4 Å². The predicted octanol–water partition coefficient (Wildman–Crippen LogP) is 3.80. The van der Waals surface area contributed by atoms with Crippen LogP contribution in [-0.4, -0.2) is 10.1 Å². The molecule has 1 heterocycles. The fraction of sp³-hybridized carbons (Fsp3) is 0.0625. The molecule has 1 aromatic heterocycles. The van der Waals surface area contributed by atoms with E-state index in [1.54, 1.807) is 18.3 Å². The predicted molar refractivity (Wildman–Crippen MR) is 77.3 cm³/mol. The van der Waals surface area contributed by atoms with Gasteiger partial charge in [0.2, 0.25) is 0 Å². The number of para-hydroxylation sites is 1. The normalized spacial score (nSPS) is 10.5. The molecule has 5 heteroatoms. The van der Waals surface area contributed by atoms with E-state index in [1.165, 1.54) is 12.5 Å². The minimum atomic E-state index is -0.621. The van der Waals surface area contributed by atoms with E-state index in [0.29, 0.717) is 17.9 Å². The molecule has 0 unspecified atom stereocenters. The fourth-order valence-electron chi connectivity index (χ4n) is 2.04. The van der Waals surface area contributed by atoms with Crippen LogP contribution in [0.4, 0.5) is 10.1 Å². The summed E-state index contributed by atoms with van der Waals surface area (Å²) >= 11 is 0. The van der Waals surface area contributed by atoms with Gasteiger partial charge in [-0.15, -0.1) is 0 Å². The van der Waals surface area contributed by atoms with E-state index in [0.717, 1.165) is 11.3 Å². The Morgan fingerprint density at radius 3 is 2.86 bits per heavy atom. The van der Waals surface area contributed by atoms with Gasteiger partial charge in [0, 0.05) is 23.4 Å². The number of phenols is 1. The average molecular weight is 284 g/mol. The Labute approximate surface area is 120 Å². The highest BCUT2D eigenvalue weighted by Crippen LogP contribution is 2.24. The Morgan fingerprint density at radius 2 is 2.05 bits per heavy atom. The quantitative estimate of drug-likeness (QED) is 0.765. The molecule has 0 bridgehead atoms. The van der Waals surface area contributed by atoms with Crippen molar-refractivity contribution in [1.29, 1.82) is 0 Å². The zero-order valence-electron chi connectivity index (χ0n) is 11.1. The first-order valence-electron chi connectivity index (χ1n) is 6.43. The molecule has 0 spiro atoms. The van der Waals surface area contributed by atoms with Crippen LogP contribution in [0.15, 0.2) is 59.5 Å². The highest BCUT2D eigenvalue weighted by Gasteiger charge is 2.07. The van der Waals surface area contributed by atoms with Gasteiger partial charge >= 0.3 is 0 Å². The van der Waals surface area contributed by atoms with Crippen LogP contribution >= 0.6 is 0 Å². The van der Waals surface area contributed by atoms with Crippen LogP contribution in [0, 0.1) is 5.82 Å². The first-order chi connectivity index (χ1) is 10.2. The van der Waals surface area contributed by atoms with E-state index in [4.69, 9.17) is 4.42 Å². The number of oxazole rings is 1. The second-order valence-corrected chi connectivity index (χ2v) is 4.55. The van der Waals surface area contributed by atoms with Crippen LogP contribution in [-0.2, 0) is 6.54 Å². The third-order valence-electron chi connectivity index (χ3n) is 3.13. The van der Waals surface area contributed by atoms with Gasteiger partial charge in [-0.25, -0.2) is 9.37 Å². The molecule has 0 radical (unpaired) electrons. The van der Waals surface area contributed by atoms with Crippen molar-refractivity contribution in [1.82, 2.24) is 4.98 Å². The van der Waals surface area contributed by atoms with Crippen molar-refractivity contribution >= 4 is 5.69 Å². The maximum atomic E-state index is 13.3. The van der Waals surface area contributed by atoms with Gasteiger partial charge in [-0.3, -0.25) is 0 Å². The first-order valence-corrected chi connectivity index (χ1v) is 6.43. The number of hydrogen-bond donors (Lipinski definition) is 2. The Morgan fingerprint density at radius 1 is 1.19 bits per heavy atom. The molecule has 0 aliphatic rings. The van der Waals surface area contributed by atoms with E-state index < -0.39 is 5.82 Å². The van der Waals surface area contributed by atoms with Crippen LogP contribution in [0.25, 0.3) is 11.3 Å². The molecule has 0 fully saturated rings. The number of aromatic nitrogens is 1. The first kappa shape index (κ1) is 13.2. The van der Waals surface area contributed by atoms with Crippen molar-refractivity contribution < 1.29 is 13.9 Å². The zero-order chi connectivity index (χ0) is 14.7. The molecule has 0 aliphatic heterocycles. The van der Waals surface area contributed by atoms with Gasteiger partial charge in [-0.1, -0.05) is 24.3 Å². The standard InChI is InChI=1S/C16H13FN2O2/c17-14-6-2-4-12(16(14)20)8-19-13-5-1-3-11(7-13)15-9-18-10-21-15/h1-7,9-10,19-20H,8H2. The lowest BCUT2D eigenvalue weighted by atomic mass is 10.1. The Bertz CT molecular complexity index is 742. The summed E-state index contributed by atoms with van der Waals surface area (Å²) in [4.78, 5) is 3.88.